The van der Waals surface area contributed by atoms with Gasteiger partial charge in [-0.15, -0.1) is 0 Å². The van der Waals surface area contributed by atoms with E-state index >= 15 is 0 Å². The van der Waals surface area contributed by atoms with Gasteiger partial charge in [0, 0.05) is 44.2 Å². The van der Waals surface area contributed by atoms with Gasteiger partial charge in [-0.05, 0) is 49.9 Å². The summed E-state index contributed by atoms with van der Waals surface area (Å²) in [5.41, 5.74) is 2.54. The molecule has 2 aliphatic heterocycles. The number of hydrogen-bond acceptors (Lipinski definition) is 10. The number of carbonyl (C=O) groups excluding carboxylic acids is 4. The first-order chi connectivity index (χ1) is 22.7. The van der Waals surface area contributed by atoms with Gasteiger partial charge in [-0.1, -0.05) is 0 Å². The number of fused-ring (bicyclic) bond motifs is 3. The van der Waals surface area contributed by atoms with Crippen LogP contribution in [-0.2, 0) is 16.6 Å². The molecule has 3 N–H and O–H groups in total. The Labute approximate surface area is 269 Å². The summed E-state index contributed by atoms with van der Waals surface area (Å²) < 4.78 is 17.6. The maximum Gasteiger partial charge on any atom is 0.374 e. The molecular formula is C32H34N8O7. The van der Waals surface area contributed by atoms with Crippen LogP contribution in [0.15, 0.2) is 41.5 Å². The van der Waals surface area contributed by atoms with Crippen LogP contribution in [0.1, 0.15) is 63.7 Å². The second-order valence-corrected chi connectivity index (χ2v) is 11.2. The fourth-order valence-corrected chi connectivity index (χ4v) is 5.61. The lowest BCUT2D eigenvalue weighted by Crippen LogP contribution is -2.43. The molecule has 1 unspecified atom stereocenters. The molecular weight excluding hydrogens is 608 g/mol. The zero-order chi connectivity index (χ0) is 33.1. The number of nitrogens with zero attached hydrogens (tertiary/aromatic N) is 5. The van der Waals surface area contributed by atoms with Gasteiger partial charge in [-0.25, -0.2) is 14.8 Å². The van der Waals surface area contributed by atoms with E-state index < -0.39 is 11.9 Å². The number of methoxy groups -OCH3 is 2. The highest BCUT2D eigenvalue weighted by Crippen LogP contribution is 2.38. The number of piperidine rings is 1. The summed E-state index contributed by atoms with van der Waals surface area (Å²) in [5.74, 6) is -0.247. The fourth-order valence-electron chi connectivity index (χ4n) is 5.61. The number of esters is 1. The van der Waals surface area contributed by atoms with Gasteiger partial charge in [-0.2, -0.15) is 0 Å². The van der Waals surface area contributed by atoms with E-state index in [-0.39, 0.29) is 48.4 Å². The van der Waals surface area contributed by atoms with E-state index in [9.17, 15) is 19.2 Å². The minimum atomic E-state index is -0.601. The summed E-state index contributed by atoms with van der Waals surface area (Å²) in [6, 6.07) is 8.30. The van der Waals surface area contributed by atoms with E-state index in [0.29, 0.717) is 52.4 Å². The van der Waals surface area contributed by atoms with Gasteiger partial charge in [0.25, 0.3) is 11.8 Å². The molecule has 2 aromatic heterocycles. The van der Waals surface area contributed by atoms with Crippen molar-refractivity contribution < 1.29 is 33.4 Å². The van der Waals surface area contributed by atoms with E-state index in [1.807, 2.05) is 11.1 Å². The highest BCUT2D eigenvalue weighted by atomic mass is 16.5. The monoisotopic (exact) mass is 642 g/mol. The molecule has 0 spiro atoms. The van der Waals surface area contributed by atoms with Crippen molar-refractivity contribution in [1.29, 1.82) is 0 Å². The number of aromatic amines is 1. The van der Waals surface area contributed by atoms with Crippen LogP contribution < -0.4 is 20.1 Å². The van der Waals surface area contributed by atoms with Gasteiger partial charge in [-0.3, -0.25) is 19.4 Å². The number of benzene rings is 2. The first-order valence-corrected chi connectivity index (χ1v) is 15.2. The van der Waals surface area contributed by atoms with E-state index in [1.54, 1.807) is 43.6 Å². The summed E-state index contributed by atoms with van der Waals surface area (Å²) in [6.07, 6.45) is 6.82. The van der Waals surface area contributed by atoms with Crippen molar-refractivity contribution in [3.05, 3.63) is 53.7 Å². The average Bonchev–Trinajstić information content (AvgIpc) is 3.63. The first-order valence-electron chi connectivity index (χ1n) is 15.2. The molecule has 3 amide bonds. The number of aryl methyl sites for hydroxylation is 1. The third kappa shape index (κ3) is 6.64. The molecule has 2 aliphatic rings. The van der Waals surface area contributed by atoms with Gasteiger partial charge in [0.05, 0.1) is 49.2 Å². The second kappa shape index (κ2) is 13.3. The van der Waals surface area contributed by atoms with Crippen molar-refractivity contribution in [3.8, 4) is 11.5 Å². The molecule has 6 rings (SSSR count). The number of hydrogen-bond donors (Lipinski definition) is 3. The summed E-state index contributed by atoms with van der Waals surface area (Å²) in [6.45, 7) is 0.919. The molecule has 244 valence electrons. The lowest BCUT2D eigenvalue weighted by molar-refractivity contribution is -0.116. The molecule has 15 heteroatoms. The van der Waals surface area contributed by atoms with Crippen LogP contribution in [0.3, 0.4) is 0 Å². The molecule has 0 saturated carbocycles. The number of rotatable bonds is 10. The molecule has 0 radical (unpaired) electrons. The van der Waals surface area contributed by atoms with Crippen LogP contribution in [0.2, 0.25) is 0 Å². The number of H-pyrrole nitrogens is 1. The number of nitrogens with one attached hydrogen (secondary N) is 3. The zero-order valence-corrected chi connectivity index (χ0v) is 26.2. The molecule has 0 bridgehead atoms. The zero-order valence-electron chi connectivity index (χ0n) is 26.2. The van der Waals surface area contributed by atoms with E-state index in [4.69, 9.17) is 9.47 Å². The van der Waals surface area contributed by atoms with E-state index in [2.05, 4.69) is 35.3 Å². The molecule has 1 saturated heterocycles. The Bertz CT molecular complexity index is 1900. The largest absolute Gasteiger partial charge is 0.493 e. The number of amides is 3. The third-order valence-corrected chi connectivity index (χ3v) is 7.98. The van der Waals surface area contributed by atoms with E-state index in [0.717, 1.165) is 19.3 Å². The van der Waals surface area contributed by atoms with E-state index in [1.165, 1.54) is 18.8 Å². The Morgan fingerprint density at radius 2 is 1.91 bits per heavy atom. The van der Waals surface area contributed by atoms with Crippen LogP contribution in [-0.4, -0.2) is 87.7 Å². The Morgan fingerprint density at radius 3 is 2.72 bits per heavy atom. The fraction of sp³-hybridized carbons (Fsp3) is 0.344. The van der Waals surface area contributed by atoms with Crippen LogP contribution in [0.25, 0.3) is 11.0 Å². The molecule has 47 heavy (non-hydrogen) atoms. The Kier molecular flexibility index (Phi) is 8.86. The first kappa shape index (κ1) is 31.3. The summed E-state index contributed by atoms with van der Waals surface area (Å²) in [4.78, 5) is 68.3. The minimum absolute atomic E-state index is 0.0103. The highest BCUT2D eigenvalue weighted by Gasteiger charge is 2.31. The predicted molar refractivity (Wildman–Crippen MR) is 172 cm³/mol. The number of carbonyl (C=O) groups is 4. The van der Waals surface area contributed by atoms with Crippen molar-refractivity contribution in [2.24, 2.45) is 12.0 Å². The van der Waals surface area contributed by atoms with Crippen LogP contribution >= 0.6 is 0 Å². The van der Waals surface area contributed by atoms with Crippen LogP contribution in [0, 0.1) is 0 Å². The summed E-state index contributed by atoms with van der Waals surface area (Å²) >= 11 is 0. The number of aromatic nitrogens is 4. The Balaban J connectivity index is 1.02. The lowest BCUT2D eigenvalue weighted by atomic mass is 10.0. The van der Waals surface area contributed by atoms with Gasteiger partial charge in [0.2, 0.25) is 17.6 Å². The van der Waals surface area contributed by atoms with Crippen LogP contribution in [0.5, 0.6) is 11.5 Å². The second-order valence-electron chi connectivity index (χ2n) is 11.2. The third-order valence-electron chi connectivity index (χ3n) is 7.98. The van der Waals surface area contributed by atoms with Crippen LogP contribution in [0.4, 0.5) is 17.2 Å². The quantitative estimate of drug-likeness (QED) is 0.171. The van der Waals surface area contributed by atoms with Crippen molar-refractivity contribution in [2.45, 2.75) is 38.1 Å². The number of anilines is 2. The molecule has 15 nitrogen and oxygen atoms in total. The standard InChI is InChI=1S/C32H34N8O7/c1-39-17-26(38-29(39)30(42)34-18-9-10-21-23(13-18)36-28(35-21)32(44)46-3)37-27(41)8-6-12-47-25-15-22-20(14-24(25)45-2)31(43)40-11-5-4-7-19(40)16-33-22/h9-10,13-17,19H,4-8,11-12H2,1-3H3,(H,34,42)(H,35,36)(H,37,41). The number of imidazole rings is 2. The Hall–Kier alpha value is -5.73. The van der Waals surface area contributed by atoms with Crippen molar-refractivity contribution in [1.82, 2.24) is 24.4 Å². The SMILES string of the molecule is COC(=O)c1nc2ccc(NC(=O)c3nc(NC(=O)CCCOc4cc5c(cc4OC)C(=O)N4CCCCC4C=N5)cn3C)cc2[nH]1. The lowest BCUT2D eigenvalue weighted by Gasteiger charge is -2.32. The smallest absolute Gasteiger partial charge is 0.374 e. The number of ether oxygens (including phenoxy) is 3. The molecule has 4 heterocycles. The molecule has 1 atom stereocenters. The molecule has 0 aliphatic carbocycles. The van der Waals surface area contributed by atoms with Gasteiger partial charge >= 0.3 is 5.97 Å². The Morgan fingerprint density at radius 1 is 1.06 bits per heavy atom. The van der Waals surface area contributed by atoms with Crippen molar-refractivity contribution in [3.63, 3.8) is 0 Å². The maximum atomic E-state index is 13.2. The maximum absolute atomic E-state index is 13.2. The average molecular weight is 643 g/mol. The van der Waals surface area contributed by atoms with Crippen molar-refractivity contribution in [2.75, 3.05) is 38.0 Å². The highest BCUT2D eigenvalue weighted by molar-refractivity contribution is 6.04. The summed E-state index contributed by atoms with van der Waals surface area (Å²) in [7, 11) is 4.42. The van der Waals surface area contributed by atoms with Gasteiger partial charge in [0.1, 0.15) is 0 Å². The number of aliphatic imine (C=N–C) groups is 1. The minimum Gasteiger partial charge on any atom is -0.493 e. The van der Waals surface area contributed by atoms with Gasteiger partial charge < -0.3 is 39.3 Å². The molecule has 4 aromatic rings. The predicted octanol–water partition coefficient (Wildman–Crippen LogP) is 3.85. The summed E-state index contributed by atoms with van der Waals surface area (Å²) in [5, 5.41) is 5.47. The van der Waals surface area contributed by atoms with Gasteiger partial charge in [0.15, 0.2) is 17.3 Å². The molecule has 1 fully saturated rings. The van der Waals surface area contributed by atoms with Crippen molar-refractivity contribution >= 4 is 58.1 Å². The topological polar surface area (TPSA) is 182 Å². The normalized spacial score (nSPS) is 15.4. The molecule has 2 aromatic carbocycles.